The van der Waals surface area contributed by atoms with Crippen molar-refractivity contribution in [2.75, 3.05) is 18.0 Å². The van der Waals surface area contributed by atoms with Crippen LogP contribution in [0.5, 0.6) is 0 Å². The minimum atomic E-state index is -0.560. The number of halogens is 1. The van der Waals surface area contributed by atoms with Crippen LogP contribution in [0.4, 0.5) is 5.69 Å². The third-order valence-electron chi connectivity index (χ3n) is 3.53. The largest absolute Gasteiger partial charge is 0.388 e. The number of anilines is 1. The molecule has 2 rings (SSSR count). The summed E-state index contributed by atoms with van der Waals surface area (Å²) in [4.78, 5) is 2.28. The molecule has 1 saturated heterocycles. The van der Waals surface area contributed by atoms with Gasteiger partial charge in [-0.3, -0.25) is 0 Å². The SMILES string of the molecule is CC(C)NCc1cc(Br)ccc1N1CCC(C)(O)C1. The van der Waals surface area contributed by atoms with Gasteiger partial charge in [-0.05, 0) is 37.1 Å². The van der Waals surface area contributed by atoms with Gasteiger partial charge in [0.2, 0.25) is 0 Å². The summed E-state index contributed by atoms with van der Waals surface area (Å²) < 4.78 is 1.10. The molecule has 0 aromatic heterocycles. The molecule has 1 heterocycles. The lowest BCUT2D eigenvalue weighted by atomic mass is 10.1. The minimum Gasteiger partial charge on any atom is -0.388 e. The molecule has 1 aliphatic heterocycles. The van der Waals surface area contributed by atoms with Crippen molar-refractivity contribution in [2.24, 2.45) is 0 Å². The van der Waals surface area contributed by atoms with E-state index in [9.17, 15) is 5.11 Å². The zero-order valence-corrected chi connectivity index (χ0v) is 13.5. The first-order valence-electron chi connectivity index (χ1n) is 6.86. The van der Waals surface area contributed by atoms with Crippen LogP contribution in [0.2, 0.25) is 0 Å². The van der Waals surface area contributed by atoms with E-state index in [1.807, 2.05) is 6.92 Å². The molecule has 19 heavy (non-hydrogen) atoms. The van der Waals surface area contributed by atoms with Crippen molar-refractivity contribution in [3.8, 4) is 0 Å². The predicted octanol–water partition coefficient (Wildman–Crippen LogP) is 2.91. The fourth-order valence-electron chi connectivity index (χ4n) is 2.47. The molecule has 0 saturated carbocycles. The molecule has 1 atom stereocenters. The summed E-state index contributed by atoms with van der Waals surface area (Å²) in [5, 5.41) is 13.6. The number of nitrogens with zero attached hydrogens (tertiary/aromatic N) is 1. The molecule has 0 radical (unpaired) electrons. The lowest BCUT2D eigenvalue weighted by molar-refractivity contribution is 0.0839. The lowest BCUT2D eigenvalue weighted by Crippen LogP contribution is -2.30. The van der Waals surface area contributed by atoms with Crippen molar-refractivity contribution >= 4 is 21.6 Å². The Balaban J connectivity index is 2.19. The van der Waals surface area contributed by atoms with Gasteiger partial charge in [-0.1, -0.05) is 29.8 Å². The van der Waals surface area contributed by atoms with E-state index in [4.69, 9.17) is 0 Å². The first kappa shape index (κ1) is 14.8. The van der Waals surface area contributed by atoms with Crippen LogP contribution in [0.3, 0.4) is 0 Å². The van der Waals surface area contributed by atoms with Gasteiger partial charge in [0, 0.05) is 35.8 Å². The molecule has 1 unspecified atom stereocenters. The van der Waals surface area contributed by atoms with Gasteiger partial charge in [-0.2, -0.15) is 0 Å². The van der Waals surface area contributed by atoms with Crippen molar-refractivity contribution in [3.05, 3.63) is 28.2 Å². The Morgan fingerprint density at radius 1 is 1.47 bits per heavy atom. The highest BCUT2D eigenvalue weighted by Gasteiger charge is 2.32. The fraction of sp³-hybridized carbons (Fsp3) is 0.600. The number of hydrogen-bond donors (Lipinski definition) is 2. The molecule has 1 aromatic carbocycles. The van der Waals surface area contributed by atoms with Crippen LogP contribution >= 0.6 is 15.9 Å². The highest BCUT2D eigenvalue weighted by atomic mass is 79.9. The summed E-state index contributed by atoms with van der Waals surface area (Å²) in [5.41, 5.74) is 1.95. The van der Waals surface area contributed by atoms with E-state index in [0.29, 0.717) is 12.6 Å². The number of benzene rings is 1. The van der Waals surface area contributed by atoms with Crippen LogP contribution in [0.1, 0.15) is 32.8 Å². The van der Waals surface area contributed by atoms with E-state index in [-0.39, 0.29) is 0 Å². The van der Waals surface area contributed by atoms with Crippen LogP contribution in [-0.4, -0.2) is 29.8 Å². The van der Waals surface area contributed by atoms with Crippen molar-refractivity contribution < 1.29 is 5.11 Å². The summed E-state index contributed by atoms with van der Waals surface area (Å²) in [6.45, 7) is 8.70. The second-order valence-corrected chi connectivity index (χ2v) is 6.89. The average molecular weight is 327 g/mol. The zero-order valence-electron chi connectivity index (χ0n) is 11.9. The minimum absolute atomic E-state index is 0.466. The number of aliphatic hydroxyl groups is 1. The highest BCUT2D eigenvalue weighted by Crippen LogP contribution is 2.30. The molecule has 0 bridgehead atoms. The van der Waals surface area contributed by atoms with E-state index in [0.717, 1.165) is 24.0 Å². The molecular weight excluding hydrogens is 304 g/mol. The quantitative estimate of drug-likeness (QED) is 0.893. The van der Waals surface area contributed by atoms with Crippen molar-refractivity contribution in [3.63, 3.8) is 0 Å². The first-order chi connectivity index (χ1) is 8.87. The maximum Gasteiger partial charge on any atom is 0.0810 e. The van der Waals surface area contributed by atoms with Gasteiger partial charge in [0.15, 0.2) is 0 Å². The van der Waals surface area contributed by atoms with Crippen molar-refractivity contribution in [2.45, 2.75) is 45.4 Å². The van der Waals surface area contributed by atoms with Crippen LogP contribution < -0.4 is 10.2 Å². The summed E-state index contributed by atoms with van der Waals surface area (Å²) in [5.74, 6) is 0. The molecule has 0 spiro atoms. The summed E-state index contributed by atoms with van der Waals surface area (Å²) in [7, 11) is 0. The molecule has 3 nitrogen and oxygen atoms in total. The van der Waals surface area contributed by atoms with Crippen molar-refractivity contribution in [1.82, 2.24) is 5.32 Å². The molecule has 2 N–H and O–H groups in total. The molecule has 0 aliphatic carbocycles. The molecule has 106 valence electrons. The summed E-state index contributed by atoms with van der Waals surface area (Å²) >= 11 is 3.54. The highest BCUT2D eigenvalue weighted by molar-refractivity contribution is 9.10. The van der Waals surface area contributed by atoms with Gasteiger partial charge in [-0.25, -0.2) is 0 Å². The Morgan fingerprint density at radius 3 is 2.79 bits per heavy atom. The van der Waals surface area contributed by atoms with Gasteiger partial charge >= 0.3 is 0 Å². The second-order valence-electron chi connectivity index (χ2n) is 5.98. The molecule has 0 amide bonds. The second kappa shape index (κ2) is 5.81. The van der Waals surface area contributed by atoms with Crippen LogP contribution in [0.15, 0.2) is 22.7 Å². The van der Waals surface area contributed by atoms with Gasteiger partial charge in [0.1, 0.15) is 0 Å². The number of hydrogen-bond acceptors (Lipinski definition) is 3. The third kappa shape index (κ3) is 3.94. The molecular formula is C15H23BrN2O. The fourth-order valence-corrected chi connectivity index (χ4v) is 2.88. The topological polar surface area (TPSA) is 35.5 Å². The third-order valence-corrected chi connectivity index (χ3v) is 4.03. The maximum absolute atomic E-state index is 10.1. The smallest absolute Gasteiger partial charge is 0.0810 e. The first-order valence-corrected chi connectivity index (χ1v) is 7.66. The Bertz CT molecular complexity index is 446. The van der Waals surface area contributed by atoms with E-state index >= 15 is 0 Å². The average Bonchev–Trinajstić information content (AvgIpc) is 2.67. The zero-order chi connectivity index (χ0) is 14.0. The summed E-state index contributed by atoms with van der Waals surface area (Å²) in [6, 6.07) is 6.84. The standard InChI is InChI=1S/C15H23BrN2O/c1-11(2)17-9-12-8-13(16)4-5-14(12)18-7-6-15(3,19)10-18/h4-5,8,11,17,19H,6-7,9-10H2,1-3H3. The van der Waals surface area contributed by atoms with E-state index in [1.165, 1.54) is 11.3 Å². The Hall–Kier alpha value is -0.580. The molecule has 1 aromatic rings. The normalized spacial score (nSPS) is 23.4. The maximum atomic E-state index is 10.1. The van der Waals surface area contributed by atoms with E-state index < -0.39 is 5.60 Å². The van der Waals surface area contributed by atoms with Gasteiger partial charge in [0.05, 0.1) is 5.60 Å². The number of nitrogens with one attached hydrogen (secondary N) is 1. The van der Waals surface area contributed by atoms with Crippen LogP contribution in [0, 0.1) is 0 Å². The Labute approximate surface area is 124 Å². The van der Waals surface area contributed by atoms with Gasteiger partial charge in [0.25, 0.3) is 0 Å². The predicted molar refractivity (Wildman–Crippen MR) is 83.6 cm³/mol. The molecule has 4 heteroatoms. The van der Waals surface area contributed by atoms with E-state index in [2.05, 4.69) is 58.2 Å². The van der Waals surface area contributed by atoms with Crippen LogP contribution in [-0.2, 0) is 6.54 Å². The van der Waals surface area contributed by atoms with Crippen molar-refractivity contribution in [1.29, 1.82) is 0 Å². The molecule has 1 fully saturated rings. The van der Waals surface area contributed by atoms with Gasteiger partial charge in [-0.15, -0.1) is 0 Å². The van der Waals surface area contributed by atoms with Gasteiger partial charge < -0.3 is 15.3 Å². The monoisotopic (exact) mass is 326 g/mol. The lowest BCUT2D eigenvalue weighted by Gasteiger charge is -2.24. The van der Waals surface area contributed by atoms with Crippen LogP contribution in [0.25, 0.3) is 0 Å². The molecule has 1 aliphatic rings. The number of rotatable bonds is 4. The Kier molecular flexibility index (Phi) is 4.54. The Morgan fingerprint density at radius 2 is 2.21 bits per heavy atom. The number of β-amino-alcohol motifs (C(OH)–C–C–N with tert-alkyl or cyclic N) is 1. The summed E-state index contributed by atoms with van der Waals surface area (Å²) in [6.07, 6.45) is 0.833. The van der Waals surface area contributed by atoms with E-state index in [1.54, 1.807) is 0 Å².